The summed E-state index contributed by atoms with van der Waals surface area (Å²) in [6.45, 7) is 0.945. The van der Waals surface area contributed by atoms with Gasteiger partial charge >= 0.3 is 12.0 Å². The number of hydrogen-bond acceptors (Lipinski definition) is 2. The summed E-state index contributed by atoms with van der Waals surface area (Å²) in [5.41, 5.74) is 0. The van der Waals surface area contributed by atoms with Crippen LogP contribution in [0.25, 0.3) is 0 Å². The van der Waals surface area contributed by atoms with E-state index in [1.54, 1.807) is 0 Å². The molecule has 0 radical (unpaired) electrons. The Balaban J connectivity index is 4.14. The first-order valence-corrected chi connectivity index (χ1v) is 2.32. The van der Waals surface area contributed by atoms with Gasteiger partial charge < -0.3 is 10.2 Å². The molecule has 0 atom stereocenters. The molecule has 0 spiro atoms. The van der Waals surface area contributed by atoms with Crippen molar-refractivity contribution in [2.75, 3.05) is 0 Å². The van der Waals surface area contributed by atoms with Gasteiger partial charge in [-0.3, -0.25) is 0 Å². The first-order chi connectivity index (χ1) is 3.81. The van der Waals surface area contributed by atoms with Gasteiger partial charge in [-0.25, -0.2) is 0 Å². The third-order valence-electron chi connectivity index (χ3n) is 0.909. The molecule has 0 aliphatic carbocycles. The predicted molar refractivity (Wildman–Crippen MR) is 23.5 cm³/mol. The smallest absolute Gasteiger partial charge is 0.335 e. The highest BCUT2D eigenvalue weighted by atomic mass is 19.3. The Morgan fingerprint density at radius 2 is 1.56 bits per heavy atom. The Bertz CT molecular complexity index is 96.5. The summed E-state index contributed by atoms with van der Waals surface area (Å²) < 4.78 is 35.1. The molecule has 0 fully saturated rings. The molecule has 0 aromatic heterocycles. The van der Waals surface area contributed by atoms with E-state index in [1.165, 1.54) is 0 Å². The van der Waals surface area contributed by atoms with Gasteiger partial charge in [0.15, 0.2) is 0 Å². The number of hydrogen-bond donors (Lipinski definition) is 2. The minimum atomic E-state index is -4.39. The molecular weight excluding hydrogens is 137 g/mol. The van der Waals surface area contributed by atoms with Crippen LogP contribution in [0.15, 0.2) is 0 Å². The Labute approximate surface area is 49.9 Å². The first kappa shape index (κ1) is 8.71. The summed E-state index contributed by atoms with van der Waals surface area (Å²) >= 11 is 0. The van der Waals surface area contributed by atoms with Gasteiger partial charge in [0.1, 0.15) is 0 Å². The molecule has 0 rings (SSSR count). The average Bonchev–Trinajstić information content (AvgIpc) is 1.64. The predicted octanol–water partition coefficient (Wildman–Crippen LogP) is 0.640. The zero-order valence-electron chi connectivity index (χ0n) is 4.74. The van der Waals surface area contributed by atoms with Crippen molar-refractivity contribution in [3.05, 3.63) is 0 Å². The zero-order valence-corrected chi connectivity index (χ0v) is 4.74. The topological polar surface area (TPSA) is 40.5 Å². The molecule has 9 heavy (non-hydrogen) atoms. The maximum Gasteiger partial charge on any atom is 0.380 e. The maximum absolute atomic E-state index is 11.8. The van der Waals surface area contributed by atoms with E-state index >= 15 is 0 Å². The lowest BCUT2D eigenvalue weighted by atomic mass is 10.2. The molecule has 0 saturated heterocycles. The highest BCUT2D eigenvalue weighted by Crippen LogP contribution is 2.30. The number of aliphatic hydroxyl groups is 2. The largest absolute Gasteiger partial charge is 0.380 e. The highest BCUT2D eigenvalue weighted by molar-refractivity contribution is 4.71. The molecule has 56 valence electrons. The molecule has 0 aliphatic rings. The minimum absolute atomic E-state index is 0.945. The monoisotopic (exact) mass is 144 g/mol. The van der Waals surface area contributed by atoms with E-state index in [1.807, 2.05) is 0 Å². The summed E-state index contributed by atoms with van der Waals surface area (Å²) in [5.74, 6) is -4.08. The van der Waals surface area contributed by atoms with Crippen LogP contribution in [0.3, 0.4) is 0 Å². The van der Waals surface area contributed by atoms with E-state index in [4.69, 9.17) is 10.2 Å². The molecule has 0 heterocycles. The summed E-state index contributed by atoms with van der Waals surface area (Å²) in [5, 5.41) is 15.4. The van der Waals surface area contributed by atoms with Crippen LogP contribution in [0.1, 0.15) is 13.3 Å². The van der Waals surface area contributed by atoms with E-state index in [2.05, 4.69) is 0 Å². The fourth-order valence-corrected chi connectivity index (χ4v) is 0.225. The van der Waals surface area contributed by atoms with Crippen molar-refractivity contribution < 1.29 is 23.4 Å². The molecule has 2 nitrogen and oxygen atoms in total. The lowest BCUT2D eigenvalue weighted by Gasteiger charge is -2.21. The molecule has 0 amide bonds. The minimum Gasteiger partial charge on any atom is -0.335 e. The second-order valence-electron chi connectivity index (χ2n) is 1.65. The van der Waals surface area contributed by atoms with E-state index in [0.717, 1.165) is 6.92 Å². The van der Waals surface area contributed by atoms with Crippen molar-refractivity contribution in [2.24, 2.45) is 0 Å². The van der Waals surface area contributed by atoms with Gasteiger partial charge in [-0.1, -0.05) is 6.92 Å². The summed E-state index contributed by atoms with van der Waals surface area (Å²) in [4.78, 5) is 0. The number of halogens is 3. The van der Waals surface area contributed by atoms with E-state index in [0.29, 0.717) is 0 Å². The number of rotatable bonds is 2. The Morgan fingerprint density at radius 3 is 1.56 bits per heavy atom. The van der Waals surface area contributed by atoms with Crippen molar-refractivity contribution in [1.29, 1.82) is 0 Å². The second-order valence-corrected chi connectivity index (χ2v) is 1.65. The lowest BCUT2D eigenvalue weighted by molar-refractivity contribution is -0.366. The van der Waals surface area contributed by atoms with Gasteiger partial charge in [-0.15, -0.1) is 0 Å². The molecule has 0 aliphatic heterocycles. The second kappa shape index (κ2) is 2.15. The summed E-state index contributed by atoms with van der Waals surface area (Å²) in [7, 11) is 0. The summed E-state index contributed by atoms with van der Waals surface area (Å²) in [6.07, 6.45) is -0.948. The van der Waals surface area contributed by atoms with E-state index < -0.39 is 18.4 Å². The van der Waals surface area contributed by atoms with Crippen LogP contribution in [0.5, 0.6) is 0 Å². The Hall–Kier alpha value is -0.290. The third-order valence-corrected chi connectivity index (χ3v) is 0.909. The molecular formula is C4H7F3O2. The fourth-order valence-electron chi connectivity index (χ4n) is 0.225. The van der Waals surface area contributed by atoms with Crippen LogP contribution in [-0.4, -0.2) is 22.2 Å². The van der Waals surface area contributed by atoms with Gasteiger partial charge in [0, 0.05) is 6.42 Å². The quantitative estimate of drug-likeness (QED) is 0.558. The van der Waals surface area contributed by atoms with Crippen LogP contribution in [0.2, 0.25) is 0 Å². The van der Waals surface area contributed by atoms with Crippen LogP contribution in [0, 0.1) is 0 Å². The molecule has 2 N–H and O–H groups in total. The van der Waals surface area contributed by atoms with Crippen LogP contribution in [0.4, 0.5) is 13.2 Å². The van der Waals surface area contributed by atoms with Gasteiger partial charge in [0.05, 0.1) is 0 Å². The van der Waals surface area contributed by atoms with E-state index in [-0.39, 0.29) is 0 Å². The van der Waals surface area contributed by atoms with Gasteiger partial charge in [0.25, 0.3) is 0 Å². The fraction of sp³-hybridized carbons (Fsp3) is 1.00. The molecule has 0 aromatic rings. The highest BCUT2D eigenvalue weighted by Gasteiger charge is 2.51. The SMILES string of the molecule is CCC(F)(F)C(O)(O)F. The van der Waals surface area contributed by atoms with Crippen molar-refractivity contribution in [3.63, 3.8) is 0 Å². The van der Waals surface area contributed by atoms with E-state index in [9.17, 15) is 13.2 Å². The van der Waals surface area contributed by atoms with Crippen LogP contribution in [-0.2, 0) is 0 Å². The normalized spacial score (nSPS) is 14.0. The van der Waals surface area contributed by atoms with Crippen LogP contribution >= 0.6 is 0 Å². The molecule has 0 bridgehead atoms. The first-order valence-electron chi connectivity index (χ1n) is 2.32. The Kier molecular flexibility index (Phi) is 2.08. The third kappa shape index (κ3) is 1.83. The van der Waals surface area contributed by atoms with Crippen molar-refractivity contribution >= 4 is 0 Å². The standard InChI is InChI=1S/C4H7F3O2/c1-2-3(5,6)4(7,8)9/h8-9H,2H2,1H3. The van der Waals surface area contributed by atoms with Crippen molar-refractivity contribution in [2.45, 2.75) is 25.3 Å². The zero-order chi connectivity index (χ0) is 7.71. The van der Waals surface area contributed by atoms with Gasteiger partial charge in [0.2, 0.25) is 0 Å². The van der Waals surface area contributed by atoms with Crippen molar-refractivity contribution in [1.82, 2.24) is 0 Å². The molecule has 5 heteroatoms. The van der Waals surface area contributed by atoms with Gasteiger partial charge in [-0.05, 0) is 0 Å². The van der Waals surface area contributed by atoms with Crippen LogP contribution < -0.4 is 0 Å². The average molecular weight is 144 g/mol. The Morgan fingerprint density at radius 1 is 1.22 bits per heavy atom. The summed E-state index contributed by atoms with van der Waals surface area (Å²) in [6, 6.07) is -4.39. The molecule has 0 saturated carbocycles. The molecule has 0 aromatic carbocycles. The van der Waals surface area contributed by atoms with Crippen molar-refractivity contribution in [3.8, 4) is 0 Å². The molecule has 0 unspecified atom stereocenters. The van der Waals surface area contributed by atoms with Gasteiger partial charge in [-0.2, -0.15) is 13.2 Å². The lowest BCUT2D eigenvalue weighted by Crippen LogP contribution is -2.43. The number of alkyl halides is 3. The maximum atomic E-state index is 11.8.